The molecule has 0 bridgehead atoms. The first-order valence-electron chi connectivity index (χ1n) is 6.37. The molecule has 0 spiro atoms. The van der Waals surface area contributed by atoms with Gasteiger partial charge in [0, 0.05) is 13.0 Å². The fourth-order valence-corrected chi connectivity index (χ4v) is 2.14. The maximum absolute atomic E-state index is 11.2. The van der Waals surface area contributed by atoms with Crippen molar-refractivity contribution in [1.82, 2.24) is 4.72 Å². The largest absolute Gasteiger partial charge is 0.385 e. The molecule has 7 heteroatoms. The van der Waals surface area contributed by atoms with Crippen LogP contribution in [0.3, 0.4) is 0 Å². The molecule has 0 radical (unpaired) electrons. The zero-order valence-electron chi connectivity index (χ0n) is 11.4. The number of carbonyl (C=O) groups is 1. The van der Waals surface area contributed by atoms with E-state index in [0.717, 1.165) is 12.0 Å². The lowest BCUT2D eigenvalue weighted by Gasteiger charge is -2.07. The molecule has 0 atom stereocenters. The molecule has 6 nitrogen and oxygen atoms in total. The minimum absolute atomic E-state index is 0.00842. The van der Waals surface area contributed by atoms with Gasteiger partial charge >= 0.3 is 16.3 Å². The highest BCUT2D eigenvalue weighted by molar-refractivity contribution is 7.85. The van der Waals surface area contributed by atoms with Crippen molar-refractivity contribution in [3.05, 3.63) is 35.9 Å². The fraction of sp³-hybridized carbons (Fsp3) is 0.462. The van der Waals surface area contributed by atoms with Crippen LogP contribution in [-0.2, 0) is 30.4 Å². The molecule has 1 aromatic rings. The number of rotatable bonds is 9. The molecule has 20 heavy (non-hydrogen) atoms. The topological polar surface area (TPSA) is 81.7 Å². The molecular formula is C13H19NO5S. The van der Waals surface area contributed by atoms with E-state index in [2.05, 4.69) is 8.91 Å². The van der Waals surface area contributed by atoms with E-state index in [1.807, 2.05) is 30.3 Å². The van der Waals surface area contributed by atoms with Crippen LogP contribution >= 0.6 is 0 Å². The molecule has 1 rings (SSSR count). The Kier molecular flexibility index (Phi) is 7.21. The van der Waals surface area contributed by atoms with Crippen LogP contribution in [0, 0.1) is 0 Å². The number of benzene rings is 1. The van der Waals surface area contributed by atoms with Gasteiger partial charge in [-0.15, -0.1) is 0 Å². The first-order valence-corrected chi connectivity index (χ1v) is 7.78. The van der Waals surface area contributed by atoms with Gasteiger partial charge in [0.15, 0.2) is 0 Å². The highest BCUT2D eigenvalue weighted by Crippen LogP contribution is 1.99. The Bertz CT molecular complexity index is 501. The van der Waals surface area contributed by atoms with E-state index < -0.39 is 16.3 Å². The second-order valence-corrected chi connectivity index (χ2v) is 5.37. The molecule has 0 heterocycles. The molecule has 0 aliphatic heterocycles. The van der Waals surface area contributed by atoms with Crippen LogP contribution < -0.4 is 4.72 Å². The minimum atomic E-state index is -4.01. The van der Waals surface area contributed by atoms with Crippen LogP contribution in [0.1, 0.15) is 18.9 Å². The number of hydrogen-bond donors (Lipinski definition) is 1. The quantitative estimate of drug-likeness (QED) is 0.689. The van der Waals surface area contributed by atoms with E-state index in [1.165, 1.54) is 6.92 Å². The zero-order valence-corrected chi connectivity index (χ0v) is 12.2. The van der Waals surface area contributed by atoms with Crippen LogP contribution in [0.25, 0.3) is 0 Å². The average Bonchev–Trinajstić information content (AvgIpc) is 2.43. The van der Waals surface area contributed by atoms with Crippen molar-refractivity contribution in [2.45, 2.75) is 19.8 Å². The molecule has 0 amide bonds. The van der Waals surface area contributed by atoms with Gasteiger partial charge in [-0.25, -0.2) is 0 Å². The summed E-state index contributed by atoms with van der Waals surface area (Å²) in [6.07, 6.45) is 0.771. The Morgan fingerprint density at radius 1 is 1.20 bits per heavy atom. The molecule has 0 aliphatic rings. The molecule has 0 fully saturated rings. The third kappa shape index (κ3) is 7.22. The summed E-state index contributed by atoms with van der Waals surface area (Å²) in [5.41, 5.74) is 1.16. The van der Waals surface area contributed by atoms with E-state index >= 15 is 0 Å². The van der Waals surface area contributed by atoms with Crippen molar-refractivity contribution >= 4 is 16.3 Å². The zero-order chi connectivity index (χ0) is 14.8. The van der Waals surface area contributed by atoms with Crippen molar-refractivity contribution in [2.24, 2.45) is 0 Å². The van der Waals surface area contributed by atoms with Gasteiger partial charge < -0.3 is 8.92 Å². The molecule has 0 saturated carbocycles. The Morgan fingerprint density at radius 2 is 1.90 bits per heavy atom. The standard InChI is InChI=1S/C13H19NO5S/c1-2-13(15)19-20(16,17)14-9-11-18-10-8-12-6-4-3-5-7-12/h3-7,14H,2,8-11H2,1H3. The molecule has 0 unspecified atom stereocenters. The van der Waals surface area contributed by atoms with Crippen LogP contribution in [-0.4, -0.2) is 34.1 Å². The first kappa shape index (κ1) is 16.6. The van der Waals surface area contributed by atoms with Crippen LogP contribution in [0.2, 0.25) is 0 Å². The third-order valence-corrected chi connectivity index (χ3v) is 3.36. The van der Waals surface area contributed by atoms with Crippen molar-refractivity contribution in [3.63, 3.8) is 0 Å². The maximum atomic E-state index is 11.2. The summed E-state index contributed by atoms with van der Waals surface area (Å²) in [6.45, 7) is 2.30. The van der Waals surface area contributed by atoms with E-state index in [0.29, 0.717) is 6.61 Å². The number of ether oxygens (including phenoxy) is 1. The lowest BCUT2D eigenvalue weighted by Crippen LogP contribution is -2.31. The highest BCUT2D eigenvalue weighted by atomic mass is 32.2. The van der Waals surface area contributed by atoms with Gasteiger partial charge in [-0.1, -0.05) is 37.3 Å². The highest BCUT2D eigenvalue weighted by Gasteiger charge is 2.14. The Morgan fingerprint density at radius 3 is 2.55 bits per heavy atom. The molecule has 112 valence electrons. The monoisotopic (exact) mass is 301 g/mol. The van der Waals surface area contributed by atoms with Gasteiger partial charge in [0.25, 0.3) is 0 Å². The van der Waals surface area contributed by atoms with Gasteiger partial charge in [0.05, 0.1) is 13.2 Å². The molecular weight excluding hydrogens is 282 g/mol. The number of carbonyl (C=O) groups excluding carboxylic acids is 1. The predicted octanol–water partition coefficient (Wildman–Crippen LogP) is 1.03. The average molecular weight is 301 g/mol. The van der Waals surface area contributed by atoms with Gasteiger partial charge in [-0.05, 0) is 12.0 Å². The predicted molar refractivity (Wildman–Crippen MR) is 74.3 cm³/mol. The smallest absolute Gasteiger partial charge is 0.380 e. The lowest BCUT2D eigenvalue weighted by atomic mass is 10.2. The van der Waals surface area contributed by atoms with Gasteiger partial charge in [-0.2, -0.15) is 13.1 Å². The van der Waals surface area contributed by atoms with Crippen molar-refractivity contribution in [1.29, 1.82) is 0 Å². The fourth-order valence-electron chi connectivity index (χ4n) is 1.39. The summed E-state index contributed by atoms with van der Waals surface area (Å²) in [6, 6.07) is 9.83. The van der Waals surface area contributed by atoms with Crippen LogP contribution in [0.4, 0.5) is 0 Å². The summed E-state index contributed by atoms with van der Waals surface area (Å²) in [7, 11) is -4.01. The van der Waals surface area contributed by atoms with Gasteiger partial charge in [-0.3, -0.25) is 4.79 Å². The van der Waals surface area contributed by atoms with Crippen LogP contribution in [0.5, 0.6) is 0 Å². The minimum Gasteiger partial charge on any atom is -0.380 e. The Balaban J connectivity index is 2.11. The van der Waals surface area contributed by atoms with Gasteiger partial charge in [0.1, 0.15) is 0 Å². The first-order chi connectivity index (χ1) is 9.53. The second kappa shape index (κ2) is 8.68. The number of nitrogens with one attached hydrogen (secondary N) is 1. The molecule has 1 N–H and O–H groups in total. The van der Waals surface area contributed by atoms with Crippen molar-refractivity contribution in [3.8, 4) is 0 Å². The summed E-state index contributed by atoms with van der Waals surface area (Å²) >= 11 is 0. The SMILES string of the molecule is CCC(=O)OS(=O)(=O)NCCOCCc1ccccc1. The summed E-state index contributed by atoms with van der Waals surface area (Å²) in [4.78, 5) is 10.8. The Labute approximate surface area is 119 Å². The molecule has 0 aromatic heterocycles. The number of hydrogen-bond acceptors (Lipinski definition) is 5. The summed E-state index contributed by atoms with van der Waals surface area (Å²) in [5.74, 6) is -0.789. The molecule has 1 aromatic carbocycles. The van der Waals surface area contributed by atoms with Gasteiger partial charge in [0.2, 0.25) is 0 Å². The van der Waals surface area contributed by atoms with E-state index in [4.69, 9.17) is 4.74 Å². The summed E-state index contributed by atoms with van der Waals surface area (Å²) < 4.78 is 34.1. The summed E-state index contributed by atoms with van der Waals surface area (Å²) in [5, 5.41) is 0. The van der Waals surface area contributed by atoms with Crippen LogP contribution in [0.15, 0.2) is 30.3 Å². The van der Waals surface area contributed by atoms with Crippen molar-refractivity contribution in [2.75, 3.05) is 19.8 Å². The van der Waals surface area contributed by atoms with E-state index in [-0.39, 0.29) is 19.6 Å². The molecule has 0 aliphatic carbocycles. The van der Waals surface area contributed by atoms with E-state index in [9.17, 15) is 13.2 Å². The lowest BCUT2D eigenvalue weighted by molar-refractivity contribution is -0.133. The maximum Gasteiger partial charge on any atom is 0.385 e. The second-order valence-electron chi connectivity index (χ2n) is 4.01. The molecule has 0 saturated heterocycles. The van der Waals surface area contributed by atoms with Crippen molar-refractivity contribution < 1.29 is 22.1 Å². The normalized spacial score (nSPS) is 11.2. The Hall–Kier alpha value is -1.44. The third-order valence-electron chi connectivity index (χ3n) is 2.39. The van der Waals surface area contributed by atoms with E-state index in [1.54, 1.807) is 0 Å².